The van der Waals surface area contributed by atoms with E-state index < -0.39 is 0 Å². The van der Waals surface area contributed by atoms with E-state index in [4.69, 9.17) is 4.74 Å². The number of ether oxygens (including phenoxy) is 1. The van der Waals surface area contributed by atoms with Gasteiger partial charge in [0.05, 0.1) is 0 Å². The number of carbonyl (C=O) groups excluding carboxylic acids is 1. The van der Waals surface area contributed by atoms with Gasteiger partial charge in [-0.3, -0.25) is 4.79 Å². The van der Waals surface area contributed by atoms with E-state index in [2.05, 4.69) is 10.3 Å². The molecule has 4 heteroatoms. The van der Waals surface area contributed by atoms with Crippen molar-refractivity contribution in [1.29, 1.82) is 0 Å². The first kappa shape index (κ1) is 13.8. The van der Waals surface area contributed by atoms with Gasteiger partial charge < -0.3 is 10.1 Å². The van der Waals surface area contributed by atoms with Gasteiger partial charge in [-0.2, -0.15) is 4.98 Å². The lowest BCUT2D eigenvalue weighted by molar-refractivity contribution is 0.102. The molecule has 0 fully saturated rings. The number of carbonyl (C=O) groups is 1. The van der Waals surface area contributed by atoms with Crippen LogP contribution in [0.3, 0.4) is 0 Å². The molecule has 22 heavy (non-hydrogen) atoms. The number of rotatable bonds is 4. The Labute approximate surface area is 128 Å². The van der Waals surface area contributed by atoms with E-state index in [9.17, 15) is 4.79 Å². The number of para-hydroxylation sites is 1. The molecule has 0 saturated heterocycles. The molecule has 0 saturated carbocycles. The van der Waals surface area contributed by atoms with Crippen LogP contribution in [-0.2, 0) is 0 Å². The molecule has 1 heterocycles. The minimum absolute atomic E-state index is 0.204. The molecule has 0 bridgehead atoms. The van der Waals surface area contributed by atoms with Crippen LogP contribution in [0.4, 0.5) is 5.82 Å². The maximum Gasteiger partial charge on any atom is 0.256 e. The molecule has 0 aliphatic carbocycles. The second-order valence-electron chi connectivity index (χ2n) is 4.60. The summed E-state index contributed by atoms with van der Waals surface area (Å²) in [5.74, 6) is 1.37. The fourth-order valence-electron chi connectivity index (χ4n) is 1.93. The number of anilines is 1. The van der Waals surface area contributed by atoms with E-state index in [0.717, 1.165) is 0 Å². The van der Waals surface area contributed by atoms with Crippen LogP contribution < -0.4 is 10.1 Å². The first-order valence-electron chi connectivity index (χ1n) is 6.87. The fourth-order valence-corrected chi connectivity index (χ4v) is 1.93. The Kier molecular flexibility index (Phi) is 4.11. The van der Waals surface area contributed by atoms with E-state index in [0.29, 0.717) is 23.0 Å². The van der Waals surface area contributed by atoms with Crippen LogP contribution in [0.15, 0.2) is 78.9 Å². The smallest absolute Gasteiger partial charge is 0.256 e. The Bertz CT molecular complexity index is 758. The van der Waals surface area contributed by atoms with Crippen molar-refractivity contribution in [2.24, 2.45) is 0 Å². The number of benzene rings is 2. The topological polar surface area (TPSA) is 51.2 Å². The lowest BCUT2D eigenvalue weighted by Gasteiger charge is -2.07. The van der Waals surface area contributed by atoms with Gasteiger partial charge in [-0.05, 0) is 30.3 Å². The normalized spacial score (nSPS) is 10.0. The van der Waals surface area contributed by atoms with Crippen LogP contribution in [0.1, 0.15) is 10.4 Å². The molecular formula is C18H14N2O2. The third kappa shape index (κ3) is 3.49. The largest absolute Gasteiger partial charge is 0.439 e. The summed E-state index contributed by atoms with van der Waals surface area (Å²) in [7, 11) is 0. The van der Waals surface area contributed by atoms with Crippen LogP contribution in [0.25, 0.3) is 0 Å². The summed E-state index contributed by atoms with van der Waals surface area (Å²) < 4.78 is 5.64. The number of amides is 1. The Morgan fingerprint density at radius 2 is 1.50 bits per heavy atom. The Hall–Kier alpha value is -3.14. The van der Waals surface area contributed by atoms with Crippen molar-refractivity contribution in [3.05, 3.63) is 84.4 Å². The van der Waals surface area contributed by atoms with Crippen LogP contribution in [-0.4, -0.2) is 10.9 Å². The van der Waals surface area contributed by atoms with Gasteiger partial charge in [0.2, 0.25) is 5.88 Å². The first-order valence-corrected chi connectivity index (χ1v) is 6.87. The molecule has 2 aromatic carbocycles. The van der Waals surface area contributed by atoms with E-state index >= 15 is 0 Å². The highest BCUT2D eigenvalue weighted by molar-refractivity contribution is 6.03. The summed E-state index contributed by atoms with van der Waals surface area (Å²) in [4.78, 5) is 16.4. The standard InChI is InChI=1S/C18H14N2O2/c21-18(14-8-3-1-4-9-14)20-16-12-7-13-17(19-16)22-15-10-5-2-6-11-15/h1-13H,(H,19,20,21). The van der Waals surface area contributed by atoms with Crippen LogP contribution in [0.5, 0.6) is 11.6 Å². The third-order valence-electron chi connectivity index (χ3n) is 2.97. The van der Waals surface area contributed by atoms with Gasteiger partial charge in [0.1, 0.15) is 11.6 Å². The van der Waals surface area contributed by atoms with Gasteiger partial charge in [0.25, 0.3) is 5.91 Å². The summed E-state index contributed by atoms with van der Waals surface area (Å²) in [6.07, 6.45) is 0. The lowest BCUT2D eigenvalue weighted by Crippen LogP contribution is -2.12. The second-order valence-corrected chi connectivity index (χ2v) is 4.60. The molecule has 0 aliphatic rings. The quantitative estimate of drug-likeness (QED) is 0.786. The predicted molar refractivity (Wildman–Crippen MR) is 85.1 cm³/mol. The van der Waals surface area contributed by atoms with Crippen LogP contribution in [0, 0.1) is 0 Å². The zero-order valence-electron chi connectivity index (χ0n) is 11.8. The molecule has 0 radical (unpaired) electrons. The SMILES string of the molecule is O=C(Nc1cccc(Oc2ccccc2)n1)c1ccccc1. The Morgan fingerprint density at radius 3 is 2.23 bits per heavy atom. The molecule has 0 spiro atoms. The summed E-state index contributed by atoms with van der Waals surface area (Å²) in [5, 5.41) is 2.75. The lowest BCUT2D eigenvalue weighted by atomic mass is 10.2. The number of pyridine rings is 1. The third-order valence-corrected chi connectivity index (χ3v) is 2.97. The van der Waals surface area contributed by atoms with Crippen molar-refractivity contribution in [3.63, 3.8) is 0 Å². The molecule has 108 valence electrons. The molecule has 3 aromatic rings. The van der Waals surface area contributed by atoms with Crippen molar-refractivity contribution in [1.82, 2.24) is 4.98 Å². The van der Waals surface area contributed by atoms with E-state index in [1.165, 1.54) is 0 Å². The summed E-state index contributed by atoms with van der Waals surface area (Å²) in [6, 6.07) is 23.6. The van der Waals surface area contributed by atoms with Crippen molar-refractivity contribution >= 4 is 11.7 Å². The van der Waals surface area contributed by atoms with Crippen molar-refractivity contribution in [2.75, 3.05) is 5.32 Å². The molecule has 0 aliphatic heterocycles. The average Bonchev–Trinajstić information content (AvgIpc) is 2.57. The maximum absolute atomic E-state index is 12.1. The highest BCUT2D eigenvalue weighted by atomic mass is 16.5. The van der Waals surface area contributed by atoms with Crippen molar-refractivity contribution < 1.29 is 9.53 Å². The molecule has 1 aromatic heterocycles. The van der Waals surface area contributed by atoms with Crippen LogP contribution in [0.2, 0.25) is 0 Å². The first-order chi connectivity index (χ1) is 10.8. The minimum Gasteiger partial charge on any atom is -0.439 e. The van der Waals surface area contributed by atoms with E-state index in [1.54, 1.807) is 30.3 Å². The highest BCUT2D eigenvalue weighted by Gasteiger charge is 2.07. The molecule has 3 rings (SSSR count). The van der Waals surface area contributed by atoms with Gasteiger partial charge in [-0.25, -0.2) is 0 Å². The van der Waals surface area contributed by atoms with Gasteiger partial charge in [-0.15, -0.1) is 0 Å². The summed E-state index contributed by atoms with van der Waals surface area (Å²) >= 11 is 0. The molecule has 1 amide bonds. The predicted octanol–water partition coefficient (Wildman–Crippen LogP) is 4.13. The van der Waals surface area contributed by atoms with Gasteiger partial charge in [0.15, 0.2) is 0 Å². The summed E-state index contributed by atoms with van der Waals surface area (Å²) in [5.41, 5.74) is 0.582. The number of nitrogens with zero attached hydrogens (tertiary/aromatic N) is 1. The number of nitrogens with one attached hydrogen (secondary N) is 1. The van der Waals surface area contributed by atoms with Gasteiger partial charge >= 0.3 is 0 Å². The average molecular weight is 290 g/mol. The number of hydrogen-bond donors (Lipinski definition) is 1. The fraction of sp³-hybridized carbons (Fsp3) is 0. The van der Waals surface area contributed by atoms with Crippen LogP contribution >= 0.6 is 0 Å². The molecule has 0 unspecified atom stereocenters. The highest BCUT2D eigenvalue weighted by Crippen LogP contribution is 2.20. The molecule has 4 nitrogen and oxygen atoms in total. The van der Waals surface area contributed by atoms with Gasteiger partial charge in [-0.1, -0.05) is 42.5 Å². The number of hydrogen-bond acceptors (Lipinski definition) is 3. The van der Waals surface area contributed by atoms with Crippen molar-refractivity contribution in [3.8, 4) is 11.6 Å². The molecule has 0 atom stereocenters. The van der Waals surface area contributed by atoms with E-state index in [-0.39, 0.29) is 5.91 Å². The summed E-state index contributed by atoms with van der Waals surface area (Å²) in [6.45, 7) is 0. The van der Waals surface area contributed by atoms with Crippen molar-refractivity contribution in [2.45, 2.75) is 0 Å². The zero-order valence-corrected chi connectivity index (χ0v) is 11.8. The number of aromatic nitrogens is 1. The Morgan fingerprint density at radius 1 is 0.818 bits per heavy atom. The maximum atomic E-state index is 12.1. The Balaban J connectivity index is 1.73. The monoisotopic (exact) mass is 290 g/mol. The molecular weight excluding hydrogens is 276 g/mol. The molecule has 1 N–H and O–H groups in total. The second kappa shape index (κ2) is 6.54. The van der Waals surface area contributed by atoms with E-state index in [1.807, 2.05) is 48.5 Å². The van der Waals surface area contributed by atoms with Gasteiger partial charge in [0, 0.05) is 11.6 Å². The zero-order chi connectivity index (χ0) is 15.2. The minimum atomic E-state index is -0.204.